The molecule has 0 bridgehead atoms. The van der Waals surface area contributed by atoms with Gasteiger partial charge in [-0.25, -0.2) is 4.99 Å². The van der Waals surface area contributed by atoms with Crippen LogP contribution in [0, 0.1) is 0 Å². The van der Waals surface area contributed by atoms with Crippen molar-refractivity contribution in [1.82, 2.24) is 4.57 Å². The van der Waals surface area contributed by atoms with E-state index in [4.69, 9.17) is 11.5 Å². The van der Waals surface area contributed by atoms with Crippen LogP contribution in [0.2, 0.25) is 0 Å². The van der Waals surface area contributed by atoms with Crippen LogP contribution < -0.4 is 17.0 Å². The first-order valence-electron chi connectivity index (χ1n) is 5.94. The Hall–Kier alpha value is -2.56. The molecule has 5 heteroatoms. The van der Waals surface area contributed by atoms with Crippen LogP contribution in [0.3, 0.4) is 0 Å². The molecule has 19 heavy (non-hydrogen) atoms. The van der Waals surface area contributed by atoms with Gasteiger partial charge in [0.05, 0.1) is 13.1 Å². The van der Waals surface area contributed by atoms with Gasteiger partial charge in [-0.1, -0.05) is 30.3 Å². The van der Waals surface area contributed by atoms with E-state index in [9.17, 15) is 4.79 Å². The average molecular weight is 256 g/mol. The summed E-state index contributed by atoms with van der Waals surface area (Å²) in [6, 6.07) is 13.0. The molecule has 0 aliphatic rings. The van der Waals surface area contributed by atoms with Gasteiger partial charge in [-0.05, 0) is 17.2 Å². The number of nitrogens with zero attached hydrogens (tertiary/aromatic N) is 2. The number of aliphatic imine (C=N–C) groups is 1. The molecule has 0 amide bonds. The van der Waals surface area contributed by atoms with Crippen LogP contribution in [0.15, 0.2) is 58.4 Å². The maximum atomic E-state index is 11.6. The van der Waals surface area contributed by atoms with Crippen molar-refractivity contribution in [2.45, 2.75) is 13.1 Å². The van der Waals surface area contributed by atoms with E-state index >= 15 is 0 Å². The van der Waals surface area contributed by atoms with Crippen LogP contribution in [0.25, 0.3) is 0 Å². The van der Waals surface area contributed by atoms with Gasteiger partial charge >= 0.3 is 0 Å². The number of rotatable bonds is 4. The minimum Gasteiger partial charge on any atom is -0.370 e. The van der Waals surface area contributed by atoms with E-state index in [2.05, 4.69) is 4.99 Å². The Balaban J connectivity index is 2.09. The van der Waals surface area contributed by atoms with Crippen LogP contribution in [0.4, 0.5) is 0 Å². The van der Waals surface area contributed by atoms with E-state index in [1.54, 1.807) is 22.9 Å². The Morgan fingerprint density at radius 2 is 1.74 bits per heavy atom. The number of benzene rings is 1. The van der Waals surface area contributed by atoms with Gasteiger partial charge in [0.25, 0.3) is 5.56 Å². The molecule has 1 heterocycles. The molecule has 1 aromatic carbocycles. The lowest BCUT2D eigenvalue weighted by Crippen LogP contribution is -2.22. The fourth-order valence-electron chi connectivity index (χ4n) is 1.72. The largest absolute Gasteiger partial charge is 0.370 e. The molecular formula is C14H16N4O. The van der Waals surface area contributed by atoms with Gasteiger partial charge in [-0.2, -0.15) is 0 Å². The fourth-order valence-corrected chi connectivity index (χ4v) is 1.72. The number of guanidine groups is 1. The third-order valence-corrected chi connectivity index (χ3v) is 2.72. The third kappa shape index (κ3) is 3.70. The van der Waals surface area contributed by atoms with Crippen LogP contribution >= 0.6 is 0 Å². The molecule has 0 aliphatic heterocycles. The Kier molecular flexibility index (Phi) is 3.97. The zero-order valence-electron chi connectivity index (χ0n) is 10.5. The normalized spacial score (nSPS) is 10.1. The van der Waals surface area contributed by atoms with Gasteiger partial charge in [-0.15, -0.1) is 0 Å². The van der Waals surface area contributed by atoms with E-state index in [0.29, 0.717) is 13.1 Å². The average Bonchev–Trinajstić information content (AvgIpc) is 2.40. The second-order valence-electron chi connectivity index (χ2n) is 4.22. The highest BCUT2D eigenvalue weighted by molar-refractivity contribution is 5.75. The van der Waals surface area contributed by atoms with E-state index in [1.807, 2.05) is 30.3 Å². The summed E-state index contributed by atoms with van der Waals surface area (Å²) in [5, 5.41) is 0. The fraction of sp³-hybridized carbons (Fsp3) is 0.143. The van der Waals surface area contributed by atoms with Gasteiger partial charge in [-0.3, -0.25) is 4.79 Å². The van der Waals surface area contributed by atoms with Crippen molar-refractivity contribution in [2.75, 3.05) is 0 Å². The quantitative estimate of drug-likeness (QED) is 0.622. The smallest absolute Gasteiger partial charge is 0.250 e. The molecular weight excluding hydrogens is 240 g/mol. The Bertz CT molecular complexity index is 624. The van der Waals surface area contributed by atoms with Crippen LogP contribution in [0.1, 0.15) is 11.1 Å². The predicted molar refractivity (Wildman–Crippen MR) is 75.8 cm³/mol. The first-order valence-corrected chi connectivity index (χ1v) is 5.94. The summed E-state index contributed by atoms with van der Waals surface area (Å²) in [4.78, 5) is 15.5. The molecule has 2 aromatic rings. The number of nitrogens with two attached hydrogens (primary N) is 2. The minimum atomic E-state index is -0.00733. The molecule has 0 saturated heterocycles. The molecule has 0 aliphatic carbocycles. The minimum absolute atomic E-state index is 0.00733. The molecule has 0 fully saturated rings. The lowest BCUT2D eigenvalue weighted by molar-refractivity contribution is 0.759. The summed E-state index contributed by atoms with van der Waals surface area (Å²) >= 11 is 0. The lowest BCUT2D eigenvalue weighted by Gasteiger charge is -2.06. The highest BCUT2D eigenvalue weighted by Gasteiger charge is 1.98. The zero-order chi connectivity index (χ0) is 13.7. The zero-order valence-corrected chi connectivity index (χ0v) is 10.5. The molecule has 0 unspecified atom stereocenters. The molecule has 5 nitrogen and oxygen atoms in total. The number of hydrogen-bond acceptors (Lipinski definition) is 2. The summed E-state index contributed by atoms with van der Waals surface area (Å²) in [7, 11) is 0. The molecule has 98 valence electrons. The summed E-state index contributed by atoms with van der Waals surface area (Å²) in [6.07, 6.45) is 1.77. The molecule has 0 spiro atoms. The molecule has 0 saturated carbocycles. The second kappa shape index (κ2) is 5.86. The lowest BCUT2D eigenvalue weighted by atomic mass is 10.1. The van der Waals surface area contributed by atoms with Gasteiger partial charge in [0.1, 0.15) is 0 Å². The highest BCUT2D eigenvalue weighted by Crippen LogP contribution is 2.06. The van der Waals surface area contributed by atoms with Crippen molar-refractivity contribution in [3.63, 3.8) is 0 Å². The van der Waals surface area contributed by atoms with Gasteiger partial charge < -0.3 is 16.0 Å². The molecule has 4 N–H and O–H groups in total. The van der Waals surface area contributed by atoms with Crippen molar-refractivity contribution in [3.8, 4) is 0 Å². The first kappa shape index (κ1) is 12.9. The Labute approximate surface area is 111 Å². The van der Waals surface area contributed by atoms with Crippen LogP contribution in [0.5, 0.6) is 0 Å². The van der Waals surface area contributed by atoms with Crippen LogP contribution in [-0.2, 0) is 13.1 Å². The van der Waals surface area contributed by atoms with Gasteiger partial charge in [0.15, 0.2) is 5.96 Å². The van der Waals surface area contributed by atoms with E-state index < -0.39 is 0 Å². The number of hydrogen-bond donors (Lipinski definition) is 2. The van der Waals surface area contributed by atoms with E-state index in [0.717, 1.165) is 11.1 Å². The molecule has 0 atom stereocenters. The molecule has 2 rings (SSSR count). The maximum Gasteiger partial charge on any atom is 0.250 e. The number of aromatic nitrogens is 1. The van der Waals surface area contributed by atoms with Crippen LogP contribution in [-0.4, -0.2) is 10.5 Å². The number of pyridine rings is 1. The second-order valence-corrected chi connectivity index (χ2v) is 4.22. The van der Waals surface area contributed by atoms with E-state index in [1.165, 1.54) is 0 Å². The third-order valence-electron chi connectivity index (χ3n) is 2.72. The summed E-state index contributed by atoms with van der Waals surface area (Å²) in [5.74, 6) is 0.0833. The van der Waals surface area contributed by atoms with Crippen molar-refractivity contribution in [2.24, 2.45) is 16.5 Å². The van der Waals surface area contributed by atoms with E-state index in [-0.39, 0.29) is 11.5 Å². The molecule has 0 radical (unpaired) electrons. The Morgan fingerprint density at radius 3 is 2.37 bits per heavy atom. The predicted octanol–water partition coefficient (Wildman–Crippen LogP) is 0.670. The summed E-state index contributed by atoms with van der Waals surface area (Å²) in [5.41, 5.74) is 12.6. The van der Waals surface area contributed by atoms with Gasteiger partial charge in [0, 0.05) is 12.3 Å². The SMILES string of the molecule is NC(N)=NCc1ccc(Cn2ccccc2=O)cc1. The van der Waals surface area contributed by atoms with Crippen molar-refractivity contribution >= 4 is 5.96 Å². The van der Waals surface area contributed by atoms with Crippen molar-refractivity contribution in [1.29, 1.82) is 0 Å². The monoisotopic (exact) mass is 256 g/mol. The summed E-state index contributed by atoms with van der Waals surface area (Å²) in [6.45, 7) is 1.02. The Morgan fingerprint density at radius 1 is 1.05 bits per heavy atom. The summed E-state index contributed by atoms with van der Waals surface area (Å²) < 4.78 is 1.66. The highest BCUT2D eigenvalue weighted by atomic mass is 16.1. The first-order chi connectivity index (χ1) is 9.15. The topological polar surface area (TPSA) is 86.4 Å². The standard InChI is InChI=1S/C14H16N4O/c15-14(16)17-9-11-4-6-12(7-5-11)10-18-8-2-1-3-13(18)19/h1-8H,9-10H2,(H4,15,16,17). The van der Waals surface area contributed by atoms with Crippen molar-refractivity contribution in [3.05, 3.63) is 70.1 Å². The van der Waals surface area contributed by atoms with Gasteiger partial charge in [0.2, 0.25) is 0 Å². The van der Waals surface area contributed by atoms with Crippen molar-refractivity contribution < 1.29 is 0 Å². The molecule has 1 aromatic heterocycles. The maximum absolute atomic E-state index is 11.6.